The monoisotopic (exact) mass is 788 g/mol. The summed E-state index contributed by atoms with van der Waals surface area (Å²) in [6.45, 7) is -0.103. The van der Waals surface area contributed by atoms with Crippen LogP contribution in [0.2, 0.25) is 0 Å². The normalized spacial score (nSPS) is 23.5. The van der Waals surface area contributed by atoms with Gasteiger partial charge in [0.25, 0.3) is 6.71 Å². The van der Waals surface area contributed by atoms with Crippen molar-refractivity contribution in [1.29, 1.82) is 0 Å². The highest BCUT2D eigenvalue weighted by Gasteiger charge is 2.58. The van der Waals surface area contributed by atoms with Crippen LogP contribution in [0.1, 0.15) is 72.9 Å². The van der Waals surface area contributed by atoms with E-state index in [-0.39, 0.29) is 6.71 Å². The molecule has 0 fully saturated rings. The molecule has 4 aliphatic carbocycles. The fraction of sp³-hybridized carbons (Fsp3) is 0.200. The zero-order valence-corrected chi connectivity index (χ0v) is 33.8. The van der Waals surface area contributed by atoms with Gasteiger partial charge in [0.15, 0.2) is 5.75 Å². The highest BCUT2D eigenvalue weighted by Crippen LogP contribution is 2.59. The SMILES string of the molecule is C1=CC2=C(CC1)Oc1ccccc1C21c2cccc3c2B2c4c(cccc41)Oc1c(-n4c5c(c6ccccc64)CCC=C5)cc(N4C5=C(CCC=C5)C5C=CCCC54)c(c12)O3. The predicted octanol–water partition coefficient (Wildman–Crippen LogP) is 10.7. The van der Waals surface area contributed by atoms with Crippen molar-refractivity contribution in [1.82, 2.24) is 4.57 Å². The maximum Gasteiger partial charge on any atom is 0.261 e. The molecular weight excluding hydrogens is 747 g/mol. The number of allylic oxidation sites excluding steroid dienone is 8. The highest BCUT2D eigenvalue weighted by molar-refractivity contribution is 6.99. The maximum atomic E-state index is 7.61. The summed E-state index contributed by atoms with van der Waals surface area (Å²) in [5, 5.41) is 1.32. The molecule has 0 amide bonds. The number of nitrogens with zero attached hydrogens (tertiary/aromatic N) is 2. The van der Waals surface area contributed by atoms with E-state index in [1.807, 2.05) is 0 Å². The number of hydrogen-bond acceptors (Lipinski definition) is 4. The van der Waals surface area contributed by atoms with Crippen LogP contribution < -0.4 is 35.5 Å². The topological polar surface area (TPSA) is 35.9 Å². The fourth-order valence-corrected chi connectivity index (χ4v) is 13.2. The first-order valence-corrected chi connectivity index (χ1v) is 22.4. The number of rotatable bonds is 2. The molecule has 5 aliphatic heterocycles. The Morgan fingerprint density at radius 1 is 0.607 bits per heavy atom. The second-order valence-electron chi connectivity index (χ2n) is 18.2. The Hall–Kier alpha value is -6.66. The Morgan fingerprint density at radius 3 is 2.21 bits per heavy atom. The van der Waals surface area contributed by atoms with Gasteiger partial charge in [-0.05, 0) is 121 Å². The van der Waals surface area contributed by atoms with Crippen molar-refractivity contribution >= 4 is 45.8 Å². The Labute approximate surface area is 355 Å². The predicted molar refractivity (Wildman–Crippen MR) is 244 cm³/mol. The molecule has 6 aromatic rings. The van der Waals surface area contributed by atoms with E-state index in [0.717, 1.165) is 103 Å². The van der Waals surface area contributed by atoms with Crippen LogP contribution in [0.4, 0.5) is 5.69 Å². The summed E-state index contributed by atoms with van der Waals surface area (Å²) in [6, 6.07) is 34.0. The molecule has 3 unspecified atom stereocenters. The van der Waals surface area contributed by atoms with Crippen LogP contribution in [-0.2, 0) is 11.8 Å². The van der Waals surface area contributed by atoms with Crippen LogP contribution in [0.25, 0.3) is 22.7 Å². The standard InChI is InChI=1S/C55H41BN2O3/c1-7-23-40-32(15-1)33-16-2-8-24-41(33)57(40)44-31-45(58-42-25-9-3-17-34(42)35-18-4-10-26-43(35)58)54-52-53(44)60-48-29-13-21-38-50(48)56(52)51-39(22-14-30-49(51)61-54)55(38)36-19-5-11-27-46(36)59-47-28-12-6-20-37(47)55/h1,3,5-8,10-11,13-15,17,19-24,26-27,29-31,34,42H,2,4,9,12,16,18,25,28H2. The Balaban J connectivity index is 1.08. The van der Waals surface area contributed by atoms with Crippen LogP contribution >= 0.6 is 0 Å². The number of para-hydroxylation sites is 2. The van der Waals surface area contributed by atoms with E-state index < -0.39 is 5.41 Å². The van der Waals surface area contributed by atoms with Crippen molar-refractivity contribution in [2.24, 2.45) is 5.92 Å². The average molecular weight is 789 g/mol. The van der Waals surface area contributed by atoms with Gasteiger partial charge in [0.2, 0.25) is 0 Å². The van der Waals surface area contributed by atoms with E-state index in [1.54, 1.807) is 5.57 Å². The lowest BCUT2D eigenvalue weighted by Gasteiger charge is -2.51. The summed E-state index contributed by atoms with van der Waals surface area (Å²) in [4.78, 5) is 2.69. The third-order valence-corrected chi connectivity index (χ3v) is 15.4. The summed E-state index contributed by atoms with van der Waals surface area (Å²) >= 11 is 0. The number of hydrogen-bond donors (Lipinski definition) is 0. The number of fused-ring (bicyclic) bond motifs is 10. The van der Waals surface area contributed by atoms with Gasteiger partial charge in [0, 0.05) is 51.8 Å². The lowest BCUT2D eigenvalue weighted by molar-refractivity contribution is 0.362. The zero-order valence-electron chi connectivity index (χ0n) is 33.8. The van der Waals surface area contributed by atoms with Crippen molar-refractivity contribution < 1.29 is 14.2 Å². The van der Waals surface area contributed by atoms with Gasteiger partial charge in [0.1, 0.15) is 28.8 Å². The van der Waals surface area contributed by atoms with Gasteiger partial charge in [-0.3, -0.25) is 0 Å². The average Bonchev–Trinajstić information content (AvgIpc) is 3.83. The minimum atomic E-state index is -0.611. The number of aryl methyl sites for hydroxylation is 1. The Morgan fingerprint density at radius 2 is 1.33 bits per heavy atom. The second-order valence-corrected chi connectivity index (χ2v) is 18.2. The zero-order chi connectivity index (χ0) is 39.6. The molecule has 0 radical (unpaired) electrons. The number of benzene rings is 5. The molecule has 5 nitrogen and oxygen atoms in total. The van der Waals surface area contributed by atoms with Crippen molar-refractivity contribution in [3.05, 3.63) is 184 Å². The van der Waals surface area contributed by atoms with Crippen LogP contribution in [0.15, 0.2) is 156 Å². The van der Waals surface area contributed by atoms with Gasteiger partial charge in [-0.1, -0.05) is 97.1 Å². The Bertz CT molecular complexity index is 3210. The summed E-state index contributed by atoms with van der Waals surface area (Å²) in [5.74, 6) is 6.05. The summed E-state index contributed by atoms with van der Waals surface area (Å²) in [6.07, 6.45) is 27.3. The largest absolute Gasteiger partial charge is 0.461 e. The van der Waals surface area contributed by atoms with Crippen LogP contribution in [0.5, 0.6) is 28.7 Å². The first-order valence-electron chi connectivity index (χ1n) is 22.4. The van der Waals surface area contributed by atoms with Crippen LogP contribution in [-0.4, -0.2) is 17.3 Å². The van der Waals surface area contributed by atoms with Gasteiger partial charge in [-0.15, -0.1) is 0 Å². The molecule has 6 heteroatoms. The molecule has 15 rings (SSSR count). The van der Waals surface area contributed by atoms with E-state index in [9.17, 15) is 0 Å². The molecular formula is C55H41BN2O3. The summed E-state index contributed by atoms with van der Waals surface area (Å²) < 4.78 is 24.5. The quantitative estimate of drug-likeness (QED) is 0.129. The van der Waals surface area contributed by atoms with E-state index >= 15 is 0 Å². The summed E-state index contributed by atoms with van der Waals surface area (Å²) in [5.41, 5.74) is 16.9. The molecule has 61 heavy (non-hydrogen) atoms. The minimum Gasteiger partial charge on any atom is -0.461 e. The minimum absolute atomic E-state index is 0.103. The molecule has 5 aromatic carbocycles. The highest BCUT2D eigenvalue weighted by atomic mass is 16.5. The molecule has 9 aliphatic rings. The van der Waals surface area contributed by atoms with Crippen molar-refractivity contribution in [3.63, 3.8) is 0 Å². The molecule has 6 heterocycles. The lowest BCUT2D eigenvalue weighted by atomic mass is 9.29. The molecule has 0 saturated heterocycles. The first kappa shape index (κ1) is 33.1. The fourth-order valence-electron chi connectivity index (χ4n) is 13.2. The molecule has 292 valence electrons. The molecule has 0 saturated carbocycles. The molecule has 1 spiro atoms. The molecule has 3 atom stereocenters. The lowest BCUT2D eigenvalue weighted by Crippen LogP contribution is -2.66. The van der Waals surface area contributed by atoms with E-state index in [1.165, 1.54) is 61.0 Å². The van der Waals surface area contributed by atoms with Gasteiger partial charge in [0.05, 0.1) is 22.3 Å². The second kappa shape index (κ2) is 11.8. The third-order valence-electron chi connectivity index (χ3n) is 15.4. The number of aromatic nitrogens is 1. The molecule has 0 bridgehead atoms. The van der Waals surface area contributed by atoms with Crippen molar-refractivity contribution in [3.8, 4) is 34.4 Å². The number of ether oxygens (including phenoxy) is 3. The van der Waals surface area contributed by atoms with Gasteiger partial charge < -0.3 is 23.7 Å². The number of anilines is 1. The molecule has 0 N–H and O–H groups in total. The van der Waals surface area contributed by atoms with Crippen LogP contribution in [0.3, 0.4) is 0 Å². The van der Waals surface area contributed by atoms with Crippen molar-refractivity contribution in [2.45, 2.75) is 62.8 Å². The maximum absolute atomic E-state index is 7.61. The van der Waals surface area contributed by atoms with Gasteiger partial charge >= 0.3 is 0 Å². The summed E-state index contributed by atoms with van der Waals surface area (Å²) in [7, 11) is 0. The van der Waals surface area contributed by atoms with E-state index in [0.29, 0.717) is 12.0 Å². The third kappa shape index (κ3) is 4.01. The van der Waals surface area contributed by atoms with E-state index in [4.69, 9.17) is 14.2 Å². The Kier molecular flexibility index (Phi) is 6.40. The molecule has 1 aromatic heterocycles. The van der Waals surface area contributed by atoms with Crippen LogP contribution in [0, 0.1) is 5.92 Å². The van der Waals surface area contributed by atoms with E-state index in [2.05, 4.69) is 149 Å². The van der Waals surface area contributed by atoms with Gasteiger partial charge in [-0.25, -0.2) is 0 Å². The van der Waals surface area contributed by atoms with Gasteiger partial charge in [-0.2, -0.15) is 0 Å². The smallest absolute Gasteiger partial charge is 0.261 e. The van der Waals surface area contributed by atoms with Crippen molar-refractivity contribution in [2.75, 3.05) is 4.90 Å². The first-order chi connectivity index (χ1) is 30.3.